The molecule has 3 rings (SSSR count). The first-order chi connectivity index (χ1) is 10.7. The quantitative estimate of drug-likeness (QED) is 0.440. The zero-order valence-electron chi connectivity index (χ0n) is 11.8. The van der Waals surface area contributed by atoms with Gasteiger partial charge in [0.05, 0.1) is 0 Å². The van der Waals surface area contributed by atoms with Crippen LogP contribution in [0.15, 0.2) is 40.9 Å². The van der Waals surface area contributed by atoms with Gasteiger partial charge in [-0.25, -0.2) is 5.84 Å². The monoisotopic (exact) mass is 300 g/mol. The predicted octanol–water partition coefficient (Wildman–Crippen LogP) is 0.840. The second kappa shape index (κ2) is 5.98. The highest BCUT2D eigenvalue weighted by Crippen LogP contribution is 2.27. The Morgan fingerprint density at radius 2 is 1.95 bits per heavy atom. The highest BCUT2D eigenvalue weighted by molar-refractivity contribution is 5.92. The molecule has 2 amide bonds. The van der Waals surface area contributed by atoms with Crippen molar-refractivity contribution in [2.75, 3.05) is 0 Å². The summed E-state index contributed by atoms with van der Waals surface area (Å²) in [6.07, 6.45) is 1.16. The molecule has 0 unspecified atom stereocenters. The molecule has 0 aliphatic heterocycles. The van der Waals surface area contributed by atoms with Gasteiger partial charge in [0, 0.05) is 23.6 Å². The van der Waals surface area contributed by atoms with Crippen LogP contribution in [0.2, 0.25) is 0 Å². The molecule has 0 saturated heterocycles. The Hall–Kier alpha value is -2.67. The van der Waals surface area contributed by atoms with E-state index in [1.54, 1.807) is 6.07 Å². The number of nitrogens with two attached hydrogens (primary N) is 1. The van der Waals surface area contributed by atoms with E-state index in [1.165, 1.54) is 0 Å². The Morgan fingerprint density at radius 3 is 2.64 bits per heavy atom. The van der Waals surface area contributed by atoms with E-state index in [1.807, 2.05) is 30.3 Å². The molecular formula is C15H16N4O3. The molecule has 7 heteroatoms. The lowest BCUT2D eigenvalue weighted by Crippen LogP contribution is -2.50. The summed E-state index contributed by atoms with van der Waals surface area (Å²) >= 11 is 0. The first-order valence-corrected chi connectivity index (χ1v) is 7.01. The van der Waals surface area contributed by atoms with Crippen molar-refractivity contribution in [3.05, 3.63) is 42.2 Å². The van der Waals surface area contributed by atoms with Gasteiger partial charge in [-0.1, -0.05) is 35.5 Å². The number of nitrogens with zero attached hydrogens (tertiary/aromatic N) is 1. The van der Waals surface area contributed by atoms with Crippen LogP contribution >= 0.6 is 0 Å². The summed E-state index contributed by atoms with van der Waals surface area (Å²) in [6.45, 7) is 0. The maximum atomic E-state index is 12.1. The van der Waals surface area contributed by atoms with Crippen LogP contribution in [0.1, 0.15) is 23.4 Å². The summed E-state index contributed by atoms with van der Waals surface area (Å²) < 4.78 is 5.08. The molecule has 1 fully saturated rings. The molecule has 1 aromatic heterocycles. The van der Waals surface area contributed by atoms with Gasteiger partial charge in [-0.15, -0.1) is 0 Å². The molecule has 0 spiro atoms. The summed E-state index contributed by atoms with van der Waals surface area (Å²) in [6, 6.07) is 11.0. The van der Waals surface area contributed by atoms with Crippen molar-refractivity contribution in [3.8, 4) is 11.3 Å². The van der Waals surface area contributed by atoms with Crippen molar-refractivity contribution in [1.82, 2.24) is 15.9 Å². The van der Waals surface area contributed by atoms with Crippen LogP contribution in [0.3, 0.4) is 0 Å². The number of amides is 2. The predicted molar refractivity (Wildman–Crippen MR) is 78.2 cm³/mol. The minimum atomic E-state index is -0.328. The molecule has 0 radical (unpaired) electrons. The van der Waals surface area contributed by atoms with E-state index < -0.39 is 0 Å². The molecule has 2 aromatic rings. The number of aromatic nitrogens is 1. The largest absolute Gasteiger partial charge is 0.350 e. The molecule has 4 N–H and O–H groups in total. The lowest BCUT2D eigenvalue weighted by atomic mass is 9.79. The van der Waals surface area contributed by atoms with Crippen molar-refractivity contribution in [2.24, 2.45) is 11.8 Å². The third-order valence-electron chi connectivity index (χ3n) is 3.79. The van der Waals surface area contributed by atoms with Crippen molar-refractivity contribution in [1.29, 1.82) is 0 Å². The van der Waals surface area contributed by atoms with E-state index in [-0.39, 0.29) is 29.5 Å². The standard InChI is InChI=1S/C15H16N4O3/c16-18-14(20)10-6-11(7-10)17-15(21)13-8-12(19-22-13)9-4-2-1-3-5-9/h1-5,8,10-11H,6-7,16H2,(H,17,21)(H,18,20)/t10-,11-. The summed E-state index contributed by atoms with van der Waals surface area (Å²) in [4.78, 5) is 23.3. The fourth-order valence-electron chi connectivity index (χ4n) is 2.45. The van der Waals surface area contributed by atoms with E-state index in [0.717, 1.165) is 5.56 Å². The van der Waals surface area contributed by atoms with Gasteiger partial charge in [0.25, 0.3) is 5.91 Å². The van der Waals surface area contributed by atoms with E-state index in [4.69, 9.17) is 10.4 Å². The Bertz CT molecular complexity index is 677. The molecule has 1 saturated carbocycles. The van der Waals surface area contributed by atoms with Gasteiger partial charge in [0.15, 0.2) is 0 Å². The maximum absolute atomic E-state index is 12.1. The average molecular weight is 300 g/mol. The molecule has 114 valence electrons. The highest BCUT2D eigenvalue weighted by Gasteiger charge is 2.35. The Balaban J connectivity index is 1.58. The van der Waals surface area contributed by atoms with Crippen molar-refractivity contribution in [2.45, 2.75) is 18.9 Å². The molecule has 22 heavy (non-hydrogen) atoms. The number of carbonyl (C=O) groups excluding carboxylic acids is 2. The fraction of sp³-hybridized carbons (Fsp3) is 0.267. The summed E-state index contributed by atoms with van der Waals surface area (Å²) in [5, 5.41) is 6.71. The molecule has 1 heterocycles. The number of hydrogen-bond donors (Lipinski definition) is 3. The van der Waals surface area contributed by atoms with Crippen LogP contribution in [-0.2, 0) is 4.79 Å². The molecule has 1 aliphatic carbocycles. The van der Waals surface area contributed by atoms with Gasteiger partial charge in [-0.05, 0) is 12.8 Å². The fourth-order valence-corrected chi connectivity index (χ4v) is 2.45. The summed E-state index contributed by atoms with van der Waals surface area (Å²) in [5.41, 5.74) is 3.61. The lowest BCUT2D eigenvalue weighted by molar-refractivity contribution is -0.128. The van der Waals surface area contributed by atoms with E-state index >= 15 is 0 Å². The van der Waals surface area contributed by atoms with Crippen molar-refractivity contribution in [3.63, 3.8) is 0 Å². The van der Waals surface area contributed by atoms with Gasteiger partial charge < -0.3 is 9.84 Å². The molecule has 7 nitrogen and oxygen atoms in total. The number of nitrogens with one attached hydrogen (secondary N) is 2. The lowest BCUT2D eigenvalue weighted by Gasteiger charge is -2.33. The van der Waals surface area contributed by atoms with Gasteiger partial charge >= 0.3 is 0 Å². The first-order valence-electron chi connectivity index (χ1n) is 7.01. The third-order valence-corrected chi connectivity index (χ3v) is 3.79. The first kappa shape index (κ1) is 14.3. The van der Waals surface area contributed by atoms with E-state index in [2.05, 4.69) is 15.9 Å². The zero-order valence-corrected chi connectivity index (χ0v) is 11.8. The van der Waals surface area contributed by atoms with Crippen LogP contribution in [-0.4, -0.2) is 23.0 Å². The minimum Gasteiger partial charge on any atom is -0.350 e. The van der Waals surface area contributed by atoms with Crippen molar-refractivity contribution < 1.29 is 14.1 Å². The second-order valence-electron chi connectivity index (χ2n) is 5.29. The second-order valence-corrected chi connectivity index (χ2v) is 5.29. The number of carbonyl (C=O) groups is 2. The Morgan fingerprint density at radius 1 is 1.23 bits per heavy atom. The topological polar surface area (TPSA) is 110 Å². The Labute approximate surface area is 126 Å². The summed E-state index contributed by atoms with van der Waals surface area (Å²) in [5.74, 6) is 4.57. The van der Waals surface area contributed by atoms with E-state index in [9.17, 15) is 9.59 Å². The van der Waals surface area contributed by atoms with Gasteiger partial charge in [0.2, 0.25) is 11.7 Å². The van der Waals surface area contributed by atoms with E-state index in [0.29, 0.717) is 18.5 Å². The molecule has 1 aliphatic rings. The maximum Gasteiger partial charge on any atom is 0.290 e. The van der Waals surface area contributed by atoms with Crippen LogP contribution in [0.5, 0.6) is 0 Å². The molecule has 1 aromatic carbocycles. The normalized spacial score (nSPS) is 20.0. The number of hydrogen-bond acceptors (Lipinski definition) is 5. The van der Waals surface area contributed by atoms with Gasteiger partial charge in [-0.3, -0.25) is 15.0 Å². The van der Waals surface area contributed by atoms with Crippen LogP contribution in [0, 0.1) is 5.92 Å². The molecule has 0 bridgehead atoms. The van der Waals surface area contributed by atoms with Crippen molar-refractivity contribution >= 4 is 11.8 Å². The molecule has 0 atom stereocenters. The van der Waals surface area contributed by atoms with Crippen LogP contribution in [0.25, 0.3) is 11.3 Å². The van der Waals surface area contributed by atoms with Gasteiger partial charge in [-0.2, -0.15) is 0 Å². The van der Waals surface area contributed by atoms with Crippen LogP contribution < -0.4 is 16.6 Å². The Kier molecular flexibility index (Phi) is 3.88. The number of benzene rings is 1. The van der Waals surface area contributed by atoms with Crippen LogP contribution in [0.4, 0.5) is 0 Å². The minimum absolute atomic E-state index is 0.0416. The average Bonchev–Trinajstić information content (AvgIpc) is 3.00. The molecular weight excluding hydrogens is 284 g/mol. The zero-order chi connectivity index (χ0) is 15.5. The smallest absolute Gasteiger partial charge is 0.290 e. The highest BCUT2D eigenvalue weighted by atomic mass is 16.5. The number of hydrazine groups is 1. The number of rotatable bonds is 4. The SMILES string of the molecule is NNC(=O)[C@H]1C[C@H](NC(=O)c2cc(-c3ccccc3)no2)C1. The summed E-state index contributed by atoms with van der Waals surface area (Å²) in [7, 11) is 0. The third kappa shape index (κ3) is 2.84. The van der Waals surface area contributed by atoms with Gasteiger partial charge in [0.1, 0.15) is 5.69 Å².